The molecule has 2 N–H and O–H groups in total. The quantitative estimate of drug-likeness (QED) is 0.822. The van der Waals surface area contributed by atoms with Gasteiger partial charge in [0.1, 0.15) is 9.50 Å². The van der Waals surface area contributed by atoms with Crippen molar-refractivity contribution < 1.29 is 5.11 Å². The van der Waals surface area contributed by atoms with Crippen LogP contribution in [0.5, 0.6) is 0 Å². The van der Waals surface area contributed by atoms with Crippen molar-refractivity contribution in [2.45, 2.75) is 16.8 Å². The van der Waals surface area contributed by atoms with Crippen molar-refractivity contribution in [1.29, 1.82) is 0 Å². The summed E-state index contributed by atoms with van der Waals surface area (Å²) in [4.78, 5) is 22.0. The molecule has 0 saturated carbocycles. The molecule has 17 heavy (non-hydrogen) atoms. The summed E-state index contributed by atoms with van der Waals surface area (Å²) in [5, 5.41) is 10.2. The fourth-order valence-corrected chi connectivity index (χ4v) is 2.47. The topological polar surface area (TPSA) is 83.8 Å². The van der Waals surface area contributed by atoms with Crippen molar-refractivity contribution >= 4 is 27.7 Å². The molecule has 0 saturated heterocycles. The maximum Gasteiger partial charge on any atom is 0.266 e. The van der Waals surface area contributed by atoms with Crippen molar-refractivity contribution in [2.24, 2.45) is 7.05 Å². The van der Waals surface area contributed by atoms with Crippen molar-refractivity contribution in [1.82, 2.24) is 19.5 Å². The van der Waals surface area contributed by atoms with Crippen molar-refractivity contribution in [3.05, 3.63) is 33.0 Å². The number of rotatable bonds is 3. The molecule has 2 aromatic heterocycles. The van der Waals surface area contributed by atoms with Crippen LogP contribution in [0.15, 0.2) is 32.0 Å². The number of halogens is 1. The van der Waals surface area contributed by atoms with E-state index in [1.54, 1.807) is 17.8 Å². The minimum atomic E-state index is -0.237. The van der Waals surface area contributed by atoms with E-state index in [1.165, 1.54) is 18.1 Å². The van der Waals surface area contributed by atoms with Crippen LogP contribution in [0.1, 0.15) is 5.69 Å². The lowest BCUT2D eigenvalue weighted by Crippen LogP contribution is -2.08. The summed E-state index contributed by atoms with van der Waals surface area (Å²) in [5.41, 5.74) is 0.465. The Bertz CT molecular complexity index is 595. The first-order chi connectivity index (χ1) is 8.13. The smallest absolute Gasteiger partial charge is 0.266 e. The third-order valence-corrected chi connectivity index (χ3v) is 4.22. The molecule has 0 aromatic carbocycles. The van der Waals surface area contributed by atoms with Crippen LogP contribution in [0.3, 0.4) is 0 Å². The van der Waals surface area contributed by atoms with E-state index in [4.69, 9.17) is 5.11 Å². The highest BCUT2D eigenvalue weighted by Gasteiger charge is 2.12. The zero-order valence-electron chi connectivity index (χ0n) is 8.85. The van der Waals surface area contributed by atoms with Crippen LogP contribution >= 0.6 is 27.7 Å². The van der Waals surface area contributed by atoms with Gasteiger partial charge in [0, 0.05) is 7.05 Å². The van der Waals surface area contributed by atoms with E-state index in [9.17, 15) is 4.79 Å². The Morgan fingerprint density at radius 1 is 1.59 bits per heavy atom. The molecule has 0 amide bonds. The summed E-state index contributed by atoms with van der Waals surface area (Å²) in [6.45, 7) is -0.0754. The standard InChI is InChI=1S/C9H9BrN4O2S/c1-14-5(3-15)2-11-9(14)17-8-6(10)7(16)12-4-13-8/h2,4,15H,3H2,1H3,(H,12,13,16). The summed E-state index contributed by atoms with van der Waals surface area (Å²) in [7, 11) is 1.79. The van der Waals surface area contributed by atoms with E-state index in [0.717, 1.165) is 0 Å². The first-order valence-corrected chi connectivity index (χ1v) is 6.27. The van der Waals surface area contributed by atoms with Crippen LogP contribution in [-0.2, 0) is 13.7 Å². The summed E-state index contributed by atoms with van der Waals surface area (Å²) < 4.78 is 2.12. The lowest BCUT2D eigenvalue weighted by atomic mass is 10.5. The fraction of sp³-hybridized carbons (Fsp3) is 0.222. The second-order valence-corrected chi connectivity index (χ2v) is 4.95. The van der Waals surface area contributed by atoms with Gasteiger partial charge in [0.25, 0.3) is 5.56 Å². The number of aromatic nitrogens is 4. The molecule has 90 valence electrons. The minimum Gasteiger partial charge on any atom is -0.390 e. The van der Waals surface area contributed by atoms with Crippen LogP contribution in [0, 0.1) is 0 Å². The number of aromatic amines is 1. The monoisotopic (exact) mass is 316 g/mol. The maximum absolute atomic E-state index is 11.4. The van der Waals surface area contributed by atoms with Gasteiger partial charge in [0.2, 0.25) is 0 Å². The average molecular weight is 317 g/mol. The molecule has 0 spiro atoms. The lowest BCUT2D eigenvalue weighted by molar-refractivity contribution is 0.271. The molecule has 0 atom stereocenters. The molecule has 0 aliphatic rings. The van der Waals surface area contributed by atoms with Gasteiger partial charge >= 0.3 is 0 Å². The van der Waals surface area contributed by atoms with Gasteiger partial charge in [-0.15, -0.1) is 0 Å². The number of aliphatic hydroxyl groups excluding tert-OH is 1. The Labute approximate surface area is 109 Å². The molecule has 0 aliphatic heterocycles. The van der Waals surface area contributed by atoms with Crippen LogP contribution in [0.25, 0.3) is 0 Å². The van der Waals surface area contributed by atoms with E-state index < -0.39 is 0 Å². The minimum absolute atomic E-state index is 0.0754. The number of hydrogen-bond acceptors (Lipinski definition) is 5. The van der Waals surface area contributed by atoms with Gasteiger partial charge in [0.05, 0.1) is 24.8 Å². The molecule has 0 fully saturated rings. The third kappa shape index (κ3) is 2.43. The molecule has 0 unspecified atom stereocenters. The summed E-state index contributed by atoms with van der Waals surface area (Å²) >= 11 is 4.43. The van der Waals surface area contributed by atoms with E-state index in [2.05, 4.69) is 30.9 Å². The largest absolute Gasteiger partial charge is 0.390 e. The van der Waals surface area contributed by atoms with Crippen molar-refractivity contribution in [3.8, 4) is 0 Å². The Morgan fingerprint density at radius 3 is 3.00 bits per heavy atom. The van der Waals surface area contributed by atoms with Gasteiger partial charge in [-0.3, -0.25) is 4.79 Å². The molecule has 8 heteroatoms. The number of hydrogen-bond donors (Lipinski definition) is 2. The highest BCUT2D eigenvalue weighted by molar-refractivity contribution is 9.10. The SMILES string of the molecule is Cn1c(CO)cnc1Sc1nc[nH]c(=O)c1Br. The molecule has 0 radical (unpaired) electrons. The van der Waals surface area contributed by atoms with Crippen LogP contribution in [0.4, 0.5) is 0 Å². The van der Waals surface area contributed by atoms with E-state index in [1.807, 2.05) is 0 Å². The third-order valence-electron chi connectivity index (χ3n) is 2.16. The predicted molar refractivity (Wildman–Crippen MR) is 65.8 cm³/mol. The number of H-pyrrole nitrogens is 1. The van der Waals surface area contributed by atoms with E-state index >= 15 is 0 Å². The Hall–Kier alpha value is -1.12. The molecule has 2 aromatic rings. The molecular weight excluding hydrogens is 308 g/mol. The highest BCUT2D eigenvalue weighted by Crippen LogP contribution is 2.28. The van der Waals surface area contributed by atoms with Gasteiger partial charge in [-0.2, -0.15) is 0 Å². The molecule has 6 nitrogen and oxygen atoms in total. The summed E-state index contributed by atoms with van der Waals surface area (Å²) in [6, 6.07) is 0. The zero-order chi connectivity index (χ0) is 12.4. The average Bonchev–Trinajstić information content (AvgIpc) is 2.66. The van der Waals surface area contributed by atoms with Crippen molar-refractivity contribution in [2.75, 3.05) is 0 Å². The van der Waals surface area contributed by atoms with Gasteiger partial charge in [-0.05, 0) is 27.7 Å². The fourth-order valence-electron chi connectivity index (χ4n) is 1.19. The normalized spacial score (nSPS) is 10.8. The molecule has 2 heterocycles. The van der Waals surface area contributed by atoms with Gasteiger partial charge in [-0.25, -0.2) is 9.97 Å². The molecule has 0 bridgehead atoms. The number of imidazole rings is 1. The Balaban J connectivity index is 2.35. The first kappa shape index (κ1) is 12.3. The highest BCUT2D eigenvalue weighted by atomic mass is 79.9. The lowest BCUT2D eigenvalue weighted by Gasteiger charge is -2.03. The maximum atomic E-state index is 11.4. The second-order valence-electron chi connectivity index (χ2n) is 3.20. The number of nitrogens with zero attached hydrogens (tertiary/aromatic N) is 3. The number of nitrogens with one attached hydrogen (secondary N) is 1. The van der Waals surface area contributed by atoms with Gasteiger partial charge in [0.15, 0.2) is 5.16 Å². The van der Waals surface area contributed by atoms with Gasteiger partial charge < -0.3 is 14.7 Å². The Kier molecular flexibility index (Phi) is 3.65. The molecule has 0 aliphatic carbocycles. The van der Waals surface area contributed by atoms with Gasteiger partial charge in [-0.1, -0.05) is 0 Å². The van der Waals surface area contributed by atoms with Crippen molar-refractivity contribution in [3.63, 3.8) is 0 Å². The first-order valence-electron chi connectivity index (χ1n) is 4.66. The van der Waals surface area contributed by atoms with Crippen LogP contribution < -0.4 is 5.56 Å². The van der Waals surface area contributed by atoms with Crippen LogP contribution in [0.2, 0.25) is 0 Å². The second kappa shape index (κ2) is 5.03. The zero-order valence-corrected chi connectivity index (χ0v) is 11.2. The van der Waals surface area contributed by atoms with E-state index in [-0.39, 0.29) is 12.2 Å². The molecular formula is C9H9BrN4O2S. The summed E-state index contributed by atoms with van der Waals surface area (Å²) in [6.07, 6.45) is 2.93. The molecule has 2 rings (SSSR count). The Morgan fingerprint density at radius 2 is 2.35 bits per heavy atom. The number of aliphatic hydroxyl groups is 1. The predicted octanol–water partition coefficient (Wildman–Crippen LogP) is 0.909. The summed E-state index contributed by atoms with van der Waals surface area (Å²) in [5.74, 6) is 0. The van der Waals surface area contributed by atoms with E-state index in [0.29, 0.717) is 20.3 Å². The van der Waals surface area contributed by atoms with Crippen LogP contribution in [-0.4, -0.2) is 24.6 Å².